The normalized spacial score (nSPS) is 13.9. The lowest BCUT2D eigenvalue weighted by molar-refractivity contribution is -0.116. The quantitative estimate of drug-likeness (QED) is 0.916. The van der Waals surface area contributed by atoms with Crippen molar-refractivity contribution in [3.05, 3.63) is 34.3 Å². The lowest BCUT2D eigenvalue weighted by atomic mass is 10.0. The van der Waals surface area contributed by atoms with Gasteiger partial charge in [0.05, 0.1) is 0 Å². The van der Waals surface area contributed by atoms with Crippen LogP contribution in [0.3, 0.4) is 0 Å². The third kappa shape index (κ3) is 2.32. The third-order valence-corrected chi connectivity index (χ3v) is 3.67. The summed E-state index contributed by atoms with van der Waals surface area (Å²) in [5.41, 5.74) is 1.94. The Morgan fingerprint density at radius 1 is 1.39 bits per heavy atom. The van der Waals surface area contributed by atoms with Gasteiger partial charge in [0, 0.05) is 17.5 Å². The number of halogens is 1. The number of hydrogen-bond donors (Lipinski definition) is 1. The minimum Gasteiger partial charge on any atom is -0.431 e. The molecule has 6 heteroatoms. The van der Waals surface area contributed by atoms with Crippen molar-refractivity contribution in [1.82, 2.24) is 4.98 Å². The maximum absolute atomic E-state index is 11.2. The molecular formula is C12H9ClN2O2S. The molecule has 0 bridgehead atoms. The highest BCUT2D eigenvalue weighted by molar-refractivity contribution is 7.11. The van der Waals surface area contributed by atoms with Gasteiger partial charge in [0.1, 0.15) is 10.9 Å². The van der Waals surface area contributed by atoms with E-state index in [0.29, 0.717) is 22.5 Å². The molecule has 2 aromatic rings. The van der Waals surface area contributed by atoms with Crippen LogP contribution in [0.15, 0.2) is 23.6 Å². The molecule has 0 saturated heterocycles. The Hall–Kier alpha value is -1.59. The fraction of sp³-hybridized carbons (Fsp3) is 0.167. The number of carbonyl (C=O) groups excluding carboxylic acids is 1. The maximum Gasteiger partial charge on any atom is 0.280 e. The van der Waals surface area contributed by atoms with Crippen molar-refractivity contribution in [2.24, 2.45) is 0 Å². The molecule has 1 aliphatic rings. The lowest BCUT2D eigenvalue weighted by Crippen LogP contribution is -2.18. The summed E-state index contributed by atoms with van der Waals surface area (Å²) in [7, 11) is 0. The summed E-state index contributed by atoms with van der Waals surface area (Å²) in [5, 5.41) is 5.49. The monoisotopic (exact) mass is 280 g/mol. The smallest absolute Gasteiger partial charge is 0.280 e. The first-order valence-corrected chi connectivity index (χ1v) is 6.68. The number of fused-ring (bicyclic) bond motifs is 1. The van der Waals surface area contributed by atoms with Crippen LogP contribution < -0.4 is 10.1 Å². The number of anilines is 1. The van der Waals surface area contributed by atoms with Crippen LogP contribution in [0, 0.1) is 0 Å². The van der Waals surface area contributed by atoms with E-state index in [4.69, 9.17) is 16.3 Å². The molecule has 0 unspecified atom stereocenters. The van der Waals surface area contributed by atoms with Gasteiger partial charge in [-0.1, -0.05) is 22.9 Å². The van der Waals surface area contributed by atoms with Gasteiger partial charge in [0.15, 0.2) is 0 Å². The van der Waals surface area contributed by atoms with Gasteiger partial charge in [0.25, 0.3) is 5.19 Å². The highest BCUT2D eigenvalue weighted by Gasteiger charge is 2.15. The second kappa shape index (κ2) is 4.59. The predicted octanol–water partition coefficient (Wildman–Crippen LogP) is 3.47. The number of amides is 1. The first-order chi connectivity index (χ1) is 8.70. The molecule has 1 amide bonds. The van der Waals surface area contributed by atoms with Gasteiger partial charge in [-0.25, -0.2) is 0 Å². The average molecular weight is 281 g/mol. The number of aromatic nitrogens is 1. The van der Waals surface area contributed by atoms with Crippen LogP contribution in [0.25, 0.3) is 0 Å². The van der Waals surface area contributed by atoms with E-state index in [1.165, 1.54) is 11.3 Å². The average Bonchev–Trinajstić information content (AvgIpc) is 2.75. The van der Waals surface area contributed by atoms with Gasteiger partial charge in [-0.3, -0.25) is 4.79 Å². The molecule has 1 aromatic heterocycles. The number of rotatable bonds is 2. The standard InChI is InChI=1S/C12H9ClN2O2S/c13-10-6-18-12(15-10)17-8-2-3-9-7(5-8)1-4-11(16)14-9/h2-3,5-6H,1,4H2,(H,14,16). The predicted molar refractivity (Wildman–Crippen MR) is 70.6 cm³/mol. The molecule has 1 N–H and O–H groups in total. The van der Waals surface area contributed by atoms with Crippen molar-refractivity contribution >= 4 is 34.5 Å². The van der Waals surface area contributed by atoms with E-state index in [0.717, 1.165) is 17.7 Å². The largest absolute Gasteiger partial charge is 0.431 e. The fourth-order valence-electron chi connectivity index (χ4n) is 1.81. The molecule has 0 radical (unpaired) electrons. The Morgan fingerprint density at radius 2 is 2.28 bits per heavy atom. The Bertz CT molecular complexity index is 612. The van der Waals surface area contributed by atoms with Crippen LogP contribution in [0.1, 0.15) is 12.0 Å². The van der Waals surface area contributed by atoms with Gasteiger partial charge < -0.3 is 10.1 Å². The molecule has 4 nitrogen and oxygen atoms in total. The Labute approximate surface area is 113 Å². The number of carbonyl (C=O) groups is 1. The van der Waals surface area contributed by atoms with Crippen LogP contribution in [0.5, 0.6) is 10.9 Å². The van der Waals surface area contributed by atoms with Gasteiger partial charge in [-0.15, -0.1) is 0 Å². The van der Waals surface area contributed by atoms with E-state index in [9.17, 15) is 4.79 Å². The highest BCUT2D eigenvalue weighted by atomic mass is 35.5. The molecule has 0 aliphatic carbocycles. The minimum atomic E-state index is 0.0582. The van der Waals surface area contributed by atoms with E-state index >= 15 is 0 Å². The summed E-state index contributed by atoms with van der Waals surface area (Å²) < 4.78 is 5.60. The van der Waals surface area contributed by atoms with Crippen molar-refractivity contribution in [3.8, 4) is 10.9 Å². The lowest BCUT2D eigenvalue weighted by Gasteiger charge is -2.17. The second-order valence-corrected chi connectivity index (χ2v) is 5.11. The van der Waals surface area contributed by atoms with Crippen LogP contribution >= 0.6 is 22.9 Å². The van der Waals surface area contributed by atoms with E-state index < -0.39 is 0 Å². The summed E-state index contributed by atoms with van der Waals surface area (Å²) >= 11 is 7.08. The molecule has 0 fully saturated rings. The number of thiazole rings is 1. The van der Waals surface area contributed by atoms with E-state index in [1.807, 2.05) is 12.1 Å². The first-order valence-electron chi connectivity index (χ1n) is 5.42. The van der Waals surface area contributed by atoms with Crippen LogP contribution in [0.2, 0.25) is 5.15 Å². The summed E-state index contributed by atoms with van der Waals surface area (Å²) in [6.45, 7) is 0. The summed E-state index contributed by atoms with van der Waals surface area (Å²) in [6.07, 6.45) is 1.25. The highest BCUT2D eigenvalue weighted by Crippen LogP contribution is 2.31. The van der Waals surface area contributed by atoms with E-state index in [1.54, 1.807) is 11.4 Å². The fourth-order valence-corrected chi connectivity index (χ4v) is 2.62. The van der Waals surface area contributed by atoms with Gasteiger partial charge in [0.2, 0.25) is 5.91 Å². The number of benzene rings is 1. The molecule has 18 heavy (non-hydrogen) atoms. The van der Waals surface area contributed by atoms with Crippen molar-refractivity contribution < 1.29 is 9.53 Å². The molecular weight excluding hydrogens is 272 g/mol. The molecule has 0 atom stereocenters. The number of ether oxygens (including phenoxy) is 1. The molecule has 0 spiro atoms. The summed E-state index contributed by atoms with van der Waals surface area (Å²) in [6, 6.07) is 5.57. The molecule has 1 aliphatic heterocycles. The zero-order valence-corrected chi connectivity index (χ0v) is 10.8. The van der Waals surface area contributed by atoms with Crippen molar-refractivity contribution in [2.75, 3.05) is 5.32 Å². The number of hydrogen-bond acceptors (Lipinski definition) is 4. The van der Waals surface area contributed by atoms with Crippen LogP contribution in [0.4, 0.5) is 5.69 Å². The molecule has 2 heterocycles. The number of nitrogens with one attached hydrogen (secondary N) is 1. The topological polar surface area (TPSA) is 51.2 Å². The molecule has 0 saturated carbocycles. The SMILES string of the molecule is O=C1CCc2cc(Oc3nc(Cl)cs3)ccc2N1. The third-order valence-electron chi connectivity index (χ3n) is 2.63. The van der Waals surface area contributed by atoms with E-state index in [2.05, 4.69) is 10.3 Å². The van der Waals surface area contributed by atoms with Crippen LogP contribution in [-0.2, 0) is 11.2 Å². The zero-order valence-electron chi connectivity index (χ0n) is 9.27. The number of nitrogens with zero attached hydrogens (tertiary/aromatic N) is 1. The second-order valence-electron chi connectivity index (χ2n) is 3.91. The Balaban J connectivity index is 1.84. The minimum absolute atomic E-state index is 0.0582. The van der Waals surface area contributed by atoms with Gasteiger partial charge in [-0.05, 0) is 30.2 Å². The Morgan fingerprint density at radius 3 is 3.06 bits per heavy atom. The Kier molecular flexibility index (Phi) is 2.93. The zero-order chi connectivity index (χ0) is 12.5. The van der Waals surface area contributed by atoms with Crippen LogP contribution in [-0.4, -0.2) is 10.9 Å². The van der Waals surface area contributed by atoms with Crippen molar-refractivity contribution in [3.63, 3.8) is 0 Å². The summed E-state index contributed by atoms with van der Waals surface area (Å²) in [4.78, 5) is 15.3. The van der Waals surface area contributed by atoms with Crippen molar-refractivity contribution in [2.45, 2.75) is 12.8 Å². The van der Waals surface area contributed by atoms with Gasteiger partial charge >= 0.3 is 0 Å². The summed E-state index contributed by atoms with van der Waals surface area (Å²) in [5.74, 6) is 0.763. The molecule has 3 rings (SSSR count). The number of aryl methyl sites for hydroxylation is 1. The van der Waals surface area contributed by atoms with Crippen molar-refractivity contribution in [1.29, 1.82) is 0 Å². The maximum atomic E-state index is 11.2. The molecule has 92 valence electrons. The van der Waals surface area contributed by atoms with Gasteiger partial charge in [-0.2, -0.15) is 4.98 Å². The van der Waals surface area contributed by atoms with E-state index in [-0.39, 0.29) is 5.91 Å². The molecule has 1 aromatic carbocycles. The first kappa shape index (κ1) is 11.5.